The molecule has 1 aliphatic rings. The van der Waals surface area contributed by atoms with Gasteiger partial charge < -0.3 is 29.2 Å². The molecule has 2 N–H and O–H groups in total. The Morgan fingerprint density at radius 1 is 0.923 bits per heavy atom. The Balaban J connectivity index is 1.60. The van der Waals surface area contributed by atoms with Crippen LogP contribution in [0.2, 0.25) is 0 Å². The molecule has 1 fully saturated rings. The Bertz CT molecular complexity index is 1580. The van der Waals surface area contributed by atoms with Crippen molar-refractivity contribution in [2.75, 3.05) is 27.9 Å². The van der Waals surface area contributed by atoms with Gasteiger partial charge in [-0.3, -0.25) is 9.59 Å². The fraction of sp³-hybridized carbons (Fsp3) is 0.226. The number of methoxy groups -OCH3 is 3. The van der Waals surface area contributed by atoms with E-state index < -0.39 is 17.7 Å². The number of ketones is 1. The van der Waals surface area contributed by atoms with E-state index >= 15 is 0 Å². The second-order valence-corrected chi connectivity index (χ2v) is 9.44. The highest BCUT2D eigenvalue weighted by molar-refractivity contribution is 6.46. The number of carbonyl (C=O) groups excluding carboxylic acids is 2. The SMILES string of the molecule is COc1ccc([C@@H]2C(=C(O)c3ccc(C)cc3)C(=O)C(=O)N2CCc2c[nH]c3ccc(OC)cc23)c(OC)c1. The highest BCUT2D eigenvalue weighted by atomic mass is 16.5. The summed E-state index contributed by atoms with van der Waals surface area (Å²) in [6.07, 6.45) is 2.37. The number of ether oxygens (including phenoxy) is 3. The Morgan fingerprint density at radius 2 is 1.62 bits per heavy atom. The summed E-state index contributed by atoms with van der Waals surface area (Å²) >= 11 is 0. The van der Waals surface area contributed by atoms with E-state index in [1.165, 1.54) is 12.0 Å². The molecule has 200 valence electrons. The van der Waals surface area contributed by atoms with Crippen LogP contribution in [0.4, 0.5) is 0 Å². The maximum atomic E-state index is 13.5. The molecule has 0 bridgehead atoms. The number of carbonyl (C=O) groups is 2. The molecule has 8 nitrogen and oxygen atoms in total. The van der Waals surface area contributed by atoms with Crippen molar-refractivity contribution in [3.05, 3.63) is 94.7 Å². The van der Waals surface area contributed by atoms with Crippen LogP contribution < -0.4 is 14.2 Å². The summed E-state index contributed by atoms with van der Waals surface area (Å²) in [5.41, 5.74) is 3.99. The van der Waals surface area contributed by atoms with Gasteiger partial charge in [0.2, 0.25) is 0 Å². The summed E-state index contributed by atoms with van der Waals surface area (Å²) in [5.74, 6) is 0.0950. The number of nitrogens with one attached hydrogen (secondary N) is 1. The number of H-pyrrole nitrogens is 1. The molecule has 4 aromatic rings. The van der Waals surface area contributed by atoms with Gasteiger partial charge in [0.15, 0.2) is 0 Å². The number of fused-ring (bicyclic) bond motifs is 1. The van der Waals surface area contributed by atoms with Crippen LogP contribution in [0.5, 0.6) is 17.2 Å². The Hall–Kier alpha value is -4.72. The molecule has 0 radical (unpaired) electrons. The van der Waals surface area contributed by atoms with E-state index in [9.17, 15) is 14.7 Å². The van der Waals surface area contributed by atoms with Gasteiger partial charge in [-0.15, -0.1) is 0 Å². The van der Waals surface area contributed by atoms with E-state index in [4.69, 9.17) is 14.2 Å². The third-order valence-corrected chi connectivity index (χ3v) is 7.20. The van der Waals surface area contributed by atoms with Crippen molar-refractivity contribution in [3.63, 3.8) is 0 Å². The lowest BCUT2D eigenvalue weighted by atomic mass is 9.94. The molecule has 5 rings (SSSR count). The Morgan fingerprint density at radius 3 is 2.31 bits per heavy atom. The van der Waals surface area contributed by atoms with Gasteiger partial charge >= 0.3 is 0 Å². The molecule has 0 saturated carbocycles. The molecular formula is C31H30N2O6. The maximum Gasteiger partial charge on any atom is 0.295 e. The maximum absolute atomic E-state index is 13.5. The van der Waals surface area contributed by atoms with Crippen molar-refractivity contribution in [3.8, 4) is 17.2 Å². The lowest BCUT2D eigenvalue weighted by molar-refractivity contribution is -0.139. The largest absolute Gasteiger partial charge is 0.507 e. The number of hydrogen-bond donors (Lipinski definition) is 2. The van der Waals surface area contributed by atoms with Crippen molar-refractivity contribution >= 4 is 28.4 Å². The average Bonchev–Trinajstić information content (AvgIpc) is 3.48. The molecule has 0 aliphatic carbocycles. The van der Waals surface area contributed by atoms with Gasteiger partial charge in [0.1, 0.15) is 23.0 Å². The summed E-state index contributed by atoms with van der Waals surface area (Å²) in [6.45, 7) is 2.17. The topological polar surface area (TPSA) is 101 Å². The van der Waals surface area contributed by atoms with Crippen LogP contribution in [0.25, 0.3) is 16.7 Å². The third-order valence-electron chi connectivity index (χ3n) is 7.20. The van der Waals surface area contributed by atoms with E-state index in [-0.39, 0.29) is 17.9 Å². The predicted octanol–water partition coefficient (Wildman–Crippen LogP) is 5.17. The van der Waals surface area contributed by atoms with E-state index in [1.807, 2.05) is 43.5 Å². The normalized spacial score (nSPS) is 16.6. The van der Waals surface area contributed by atoms with Crippen molar-refractivity contribution in [2.24, 2.45) is 0 Å². The first-order valence-electron chi connectivity index (χ1n) is 12.6. The number of rotatable bonds is 8. The third kappa shape index (κ3) is 4.69. The number of aromatic nitrogens is 1. The fourth-order valence-corrected chi connectivity index (χ4v) is 5.08. The van der Waals surface area contributed by atoms with Crippen molar-refractivity contribution in [1.82, 2.24) is 9.88 Å². The number of likely N-dealkylation sites (tertiary alicyclic amines) is 1. The first-order chi connectivity index (χ1) is 18.9. The molecule has 39 heavy (non-hydrogen) atoms. The average molecular weight is 527 g/mol. The smallest absolute Gasteiger partial charge is 0.295 e. The van der Waals surface area contributed by atoms with Crippen LogP contribution >= 0.6 is 0 Å². The van der Waals surface area contributed by atoms with Crippen molar-refractivity contribution in [1.29, 1.82) is 0 Å². The minimum atomic E-state index is -0.855. The molecule has 2 heterocycles. The highest BCUT2D eigenvalue weighted by Gasteiger charge is 2.47. The van der Waals surface area contributed by atoms with Crippen LogP contribution in [0.1, 0.15) is 28.3 Å². The molecule has 1 aromatic heterocycles. The van der Waals surface area contributed by atoms with Gasteiger partial charge in [0.25, 0.3) is 11.7 Å². The monoisotopic (exact) mass is 526 g/mol. The van der Waals surface area contributed by atoms with Gasteiger partial charge in [0.05, 0.1) is 32.9 Å². The molecule has 1 amide bonds. The zero-order valence-electron chi connectivity index (χ0n) is 22.3. The Kier molecular flexibility index (Phi) is 7.02. The van der Waals surface area contributed by atoms with Gasteiger partial charge in [-0.1, -0.05) is 29.8 Å². The summed E-state index contributed by atoms with van der Waals surface area (Å²) in [7, 11) is 4.68. The first-order valence-corrected chi connectivity index (χ1v) is 12.6. The van der Waals surface area contributed by atoms with Gasteiger partial charge in [0, 0.05) is 40.8 Å². The summed E-state index contributed by atoms with van der Waals surface area (Å²) in [4.78, 5) is 31.7. The van der Waals surface area contributed by atoms with E-state index in [0.29, 0.717) is 29.0 Å². The van der Waals surface area contributed by atoms with E-state index in [1.54, 1.807) is 44.6 Å². The molecule has 8 heteroatoms. The number of amides is 1. The number of nitrogens with zero attached hydrogens (tertiary/aromatic N) is 1. The molecule has 1 aliphatic heterocycles. The van der Waals surface area contributed by atoms with Crippen molar-refractivity contribution in [2.45, 2.75) is 19.4 Å². The van der Waals surface area contributed by atoms with Gasteiger partial charge in [-0.05, 0) is 49.2 Å². The number of Topliss-reactive ketones (excluding diaryl/α,β-unsaturated/α-hetero) is 1. The second kappa shape index (κ2) is 10.6. The fourth-order valence-electron chi connectivity index (χ4n) is 5.08. The van der Waals surface area contributed by atoms with Crippen LogP contribution in [0, 0.1) is 6.92 Å². The zero-order valence-corrected chi connectivity index (χ0v) is 22.3. The molecule has 1 saturated heterocycles. The summed E-state index contributed by atoms with van der Waals surface area (Å²) in [5, 5.41) is 12.3. The number of aliphatic hydroxyl groups is 1. The molecule has 1 atom stereocenters. The molecule has 3 aromatic carbocycles. The van der Waals surface area contributed by atoms with Crippen LogP contribution in [-0.4, -0.2) is 54.6 Å². The van der Waals surface area contributed by atoms with Crippen molar-refractivity contribution < 1.29 is 28.9 Å². The minimum absolute atomic E-state index is 0.0212. The molecular weight excluding hydrogens is 496 g/mol. The molecule has 0 unspecified atom stereocenters. The van der Waals surface area contributed by atoms with Crippen LogP contribution in [0.15, 0.2) is 72.4 Å². The standard InChI is InChI=1S/C31H30N2O6/c1-18-5-7-19(8-6-18)29(34)27-28(23-11-9-22(38-3)16-26(23)39-4)33(31(36)30(27)35)14-13-20-17-32-25-12-10-21(37-2)15-24(20)25/h5-12,15-17,28,32,34H,13-14H2,1-4H3/t28-/m1/s1. The number of benzene rings is 3. The van der Waals surface area contributed by atoms with Crippen LogP contribution in [0.3, 0.4) is 0 Å². The van der Waals surface area contributed by atoms with Gasteiger partial charge in [-0.2, -0.15) is 0 Å². The van der Waals surface area contributed by atoms with Gasteiger partial charge in [-0.25, -0.2) is 0 Å². The second-order valence-electron chi connectivity index (χ2n) is 9.44. The number of aryl methyl sites for hydroxylation is 1. The lowest BCUT2D eigenvalue weighted by Crippen LogP contribution is -2.31. The minimum Gasteiger partial charge on any atom is -0.507 e. The number of hydrogen-bond acceptors (Lipinski definition) is 6. The molecule has 0 spiro atoms. The quantitative estimate of drug-likeness (QED) is 0.187. The lowest BCUT2D eigenvalue weighted by Gasteiger charge is -2.27. The van der Waals surface area contributed by atoms with E-state index in [2.05, 4.69) is 4.98 Å². The van der Waals surface area contributed by atoms with E-state index in [0.717, 1.165) is 27.8 Å². The predicted molar refractivity (Wildman–Crippen MR) is 148 cm³/mol. The summed E-state index contributed by atoms with van der Waals surface area (Å²) in [6, 6.07) is 17.3. The number of aromatic amines is 1. The number of aliphatic hydroxyl groups excluding tert-OH is 1. The first kappa shape index (κ1) is 25.9. The van der Waals surface area contributed by atoms with Crippen LogP contribution in [-0.2, 0) is 16.0 Å². The highest BCUT2D eigenvalue weighted by Crippen LogP contribution is 2.44. The Labute approximate surface area is 226 Å². The summed E-state index contributed by atoms with van der Waals surface area (Å²) < 4.78 is 16.4. The zero-order chi connectivity index (χ0) is 27.7.